The molecule has 0 N–H and O–H groups in total. The first-order chi connectivity index (χ1) is 12.4. The first-order valence-corrected chi connectivity index (χ1v) is 10.5. The van der Waals surface area contributed by atoms with Gasteiger partial charge in [-0.25, -0.2) is 4.98 Å². The Balaban J connectivity index is 1.60. The summed E-state index contributed by atoms with van der Waals surface area (Å²) in [5, 5.41) is 0. The number of aryl methyl sites for hydroxylation is 2. The Labute approximate surface area is 153 Å². The van der Waals surface area contributed by atoms with E-state index in [1.54, 1.807) is 0 Å². The van der Waals surface area contributed by atoms with Gasteiger partial charge in [0.05, 0.1) is 11.0 Å². The number of para-hydroxylation sites is 2. The van der Waals surface area contributed by atoms with E-state index >= 15 is 0 Å². The third-order valence-electron chi connectivity index (χ3n) is 5.54. The lowest BCUT2D eigenvalue weighted by Gasteiger charge is -2.19. The van der Waals surface area contributed by atoms with Crippen molar-refractivity contribution in [2.24, 2.45) is 0 Å². The lowest BCUT2D eigenvalue weighted by Crippen LogP contribution is -2.26. The molecule has 0 atom stereocenters. The van der Waals surface area contributed by atoms with Crippen LogP contribution in [0.5, 0.6) is 0 Å². The minimum atomic E-state index is 1.11. The number of rotatable bonds is 9. The topological polar surface area (TPSA) is 21.1 Å². The average molecular weight is 342 g/mol. The summed E-state index contributed by atoms with van der Waals surface area (Å²) in [6.07, 6.45) is 13.2. The first kappa shape index (κ1) is 18.4. The number of benzene rings is 1. The van der Waals surface area contributed by atoms with Crippen LogP contribution >= 0.6 is 0 Å². The van der Waals surface area contributed by atoms with Crippen LogP contribution in [0.25, 0.3) is 11.0 Å². The van der Waals surface area contributed by atoms with Crippen LogP contribution in [0.4, 0.5) is 0 Å². The number of hydrogen-bond acceptors (Lipinski definition) is 2. The van der Waals surface area contributed by atoms with E-state index in [0.717, 1.165) is 13.0 Å². The van der Waals surface area contributed by atoms with Crippen LogP contribution in [-0.4, -0.2) is 34.1 Å². The minimum absolute atomic E-state index is 1.11. The molecule has 2 heterocycles. The summed E-state index contributed by atoms with van der Waals surface area (Å²) >= 11 is 0. The maximum atomic E-state index is 4.96. The second kappa shape index (κ2) is 9.96. The third kappa shape index (κ3) is 5.31. The summed E-state index contributed by atoms with van der Waals surface area (Å²) in [5.74, 6) is 1.30. The second-order valence-electron chi connectivity index (χ2n) is 7.59. The molecule has 1 aromatic heterocycles. The number of imidazole rings is 1. The number of likely N-dealkylation sites (tertiary alicyclic amines) is 1. The lowest BCUT2D eigenvalue weighted by atomic mass is 10.2. The molecule has 138 valence electrons. The molecule has 0 saturated carbocycles. The Morgan fingerprint density at radius 1 is 0.880 bits per heavy atom. The summed E-state index contributed by atoms with van der Waals surface area (Å²) in [7, 11) is 0. The molecule has 3 rings (SSSR count). The number of hydrogen-bond donors (Lipinski definition) is 0. The van der Waals surface area contributed by atoms with Crippen LogP contribution in [0, 0.1) is 0 Å². The van der Waals surface area contributed by atoms with Gasteiger partial charge in [0.1, 0.15) is 5.82 Å². The molecular formula is C22H35N3. The highest BCUT2D eigenvalue weighted by molar-refractivity contribution is 5.75. The highest BCUT2D eigenvalue weighted by Crippen LogP contribution is 2.19. The fourth-order valence-electron chi connectivity index (χ4n) is 4.08. The fraction of sp³-hybridized carbons (Fsp3) is 0.682. The van der Waals surface area contributed by atoms with Gasteiger partial charge in [0.15, 0.2) is 0 Å². The normalized spacial score (nSPS) is 16.4. The van der Waals surface area contributed by atoms with Crippen molar-refractivity contribution < 1.29 is 0 Å². The lowest BCUT2D eigenvalue weighted by molar-refractivity contribution is 0.280. The molecule has 0 radical (unpaired) electrons. The summed E-state index contributed by atoms with van der Waals surface area (Å²) in [6, 6.07) is 8.65. The monoisotopic (exact) mass is 341 g/mol. The zero-order valence-electron chi connectivity index (χ0n) is 16.1. The van der Waals surface area contributed by atoms with Gasteiger partial charge >= 0.3 is 0 Å². The molecule has 2 aromatic rings. The number of fused-ring (bicyclic) bond motifs is 1. The van der Waals surface area contributed by atoms with E-state index in [9.17, 15) is 0 Å². The number of unbranched alkanes of at least 4 members (excludes halogenated alkanes) is 3. The molecule has 3 nitrogen and oxygen atoms in total. The molecule has 0 amide bonds. The standard InChI is InChI=1S/C22H35N3/c1-2-3-4-11-19-25-21-14-8-7-13-20(21)23-22(25)15-12-18-24-16-9-5-6-10-17-24/h7-8,13-14H,2-6,9-12,15-19H2,1H3. The Bertz CT molecular complexity index is 623. The van der Waals surface area contributed by atoms with Crippen LogP contribution in [0.3, 0.4) is 0 Å². The van der Waals surface area contributed by atoms with Gasteiger partial charge in [0.25, 0.3) is 0 Å². The molecule has 1 aliphatic rings. The highest BCUT2D eigenvalue weighted by atomic mass is 15.1. The van der Waals surface area contributed by atoms with E-state index < -0.39 is 0 Å². The zero-order chi connectivity index (χ0) is 17.3. The highest BCUT2D eigenvalue weighted by Gasteiger charge is 2.12. The number of aromatic nitrogens is 2. The van der Waals surface area contributed by atoms with Gasteiger partial charge in [0, 0.05) is 13.0 Å². The molecular weight excluding hydrogens is 306 g/mol. The molecule has 0 spiro atoms. The van der Waals surface area contributed by atoms with E-state index in [2.05, 4.69) is 40.7 Å². The fourth-order valence-corrected chi connectivity index (χ4v) is 4.08. The second-order valence-corrected chi connectivity index (χ2v) is 7.59. The molecule has 1 saturated heterocycles. The molecule has 1 fully saturated rings. The van der Waals surface area contributed by atoms with Crippen LogP contribution in [0.15, 0.2) is 24.3 Å². The van der Waals surface area contributed by atoms with E-state index in [1.807, 2.05) is 0 Å². The van der Waals surface area contributed by atoms with Crippen LogP contribution in [-0.2, 0) is 13.0 Å². The van der Waals surface area contributed by atoms with Crippen molar-refractivity contribution in [2.75, 3.05) is 19.6 Å². The maximum absolute atomic E-state index is 4.96. The molecule has 0 aliphatic carbocycles. The number of nitrogens with zero attached hydrogens (tertiary/aromatic N) is 3. The van der Waals surface area contributed by atoms with Crippen molar-refractivity contribution in [1.29, 1.82) is 0 Å². The van der Waals surface area contributed by atoms with Gasteiger partial charge in [-0.1, -0.05) is 51.2 Å². The van der Waals surface area contributed by atoms with E-state index in [1.165, 1.54) is 94.3 Å². The van der Waals surface area contributed by atoms with E-state index in [-0.39, 0.29) is 0 Å². The van der Waals surface area contributed by atoms with Crippen molar-refractivity contribution >= 4 is 11.0 Å². The minimum Gasteiger partial charge on any atom is -0.328 e. The SMILES string of the molecule is CCCCCCn1c(CCCN2CCCCCC2)nc2ccccc21. The molecule has 0 unspecified atom stereocenters. The van der Waals surface area contributed by atoms with Crippen molar-refractivity contribution in [3.63, 3.8) is 0 Å². The Kier molecular flexibility index (Phi) is 7.35. The molecule has 1 aromatic carbocycles. The van der Waals surface area contributed by atoms with Gasteiger partial charge in [-0.2, -0.15) is 0 Å². The van der Waals surface area contributed by atoms with Gasteiger partial charge in [-0.3, -0.25) is 0 Å². The first-order valence-electron chi connectivity index (χ1n) is 10.5. The Morgan fingerprint density at radius 2 is 1.68 bits per heavy atom. The summed E-state index contributed by atoms with van der Waals surface area (Å²) in [6.45, 7) is 7.24. The van der Waals surface area contributed by atoms with Crippen LogP contribution in [0.1, 0.15) is 70.5 Å². The van der Waals surface area contributed by atoms with Gasteiger partial charge < -0.3 is 9.47 Å². The molecule has 25 heavy (non-hydrogen) atoms. The van der Waals surface area contributed by atoms with E-state index in [4.69, 9.17) is 4.98 Å². The summed E-state index contributed by atoms with van der Waals surface area (Å²) in [5.41, 5.74) is 2.49. The Morgan fingerprint density at radius 3 is 2.48 bits per heavy atom. The van der Waals surface area contributed by atoms with Gasteiger partial charge in [-0.15, -0.1) is 0 Å². The average Bonchev–Trinajstić information content (AvgIpc) is 2.80. The molecule has 1 aliphatic heterocycles. The third-order valence-corrected chi connectivity index (χ3v) is 5.54. The quantitative estimate of drug-likeness (QED) is 0.567. The van der Waals surface area contributed by atoms with Crippen LogP contribution in [0.2, 0.25) is 0 Å². The van der Waals surface area contributed by atoms with Crippen molar-refractivity contribution in [3.05, 3.63) is 30.1 Å². The summed E-state index contributed by atoms with van der Waals surface area (Å²) < 4.78 is 2.49. The van der Waals surface area contributed by atoms with Crippen molar-refractivity contribution in [3.8, 4) is 0 Å². The predicted molar refractivity (Wildman–Crippen MR) is 107 cm³/mol. The zero-order valence-corrected chi connectivity index (χ0v) is 16.1. The smallest absolute Gasteiger partial charge is 0.109 e. The predicted octanol–water partition coefficient (Wildman–Crippen LogP) is 5.43. The largest absolute Gasteiger partial charge is 0.328 e. The van der Waals surface area contributed by atoms with Gasteiger partial charge in [0.2, 0.25) is 0 Å². The Hall–Kier alpha value is -1.35. The van der Waals surface area contributed by atoms with Crippen molar-refractivity contribution in [1.82, 2.24) is 14.5 Å². The van der Waals surface area contributed by atoms with E-state index in [0.29, 0.717) is 0 Å². The van der Waals surface area contributed by atoms with Crippen LogP contribution < -0.4 is 0 Å². The molecule has 3 heteroatoms. The van der Waals surface area contributed by atoms with Gasteiger partial charge in [-0.05, 0) is 57.5 Å². The van der Waals surface area contributed by atoms with Crippen molar-refractivity contribution in [2.45, 2.75) is 77.7 Å². The summed E-state index contributed by atoms with van der Waals surface area (Å²) in [4.78, 5) is 7.63. The molecule has 0 bridgehead atoms. The maximum Gasteiger partial charge on any atom is 0.109 e.